The number of nitrogens with zero attached hydrogens (tertiary/aromatic N) is 1. The third-order valence-corrected chi connectivity index (χ3v) is 5.97. The molecule has 0 bridgehead atoms. The smallest absolute Gasteiger partial charge is 0.253 e. The highest BCUT2D eigenvalue weighted by Crippen LogP contribution is 2.14. The van der Waals surface area contributed by atoms with Gasteiger partial charge in [-0.2, -0.15) is 0 Å². The van der Waals surface area contributed by atoms with Crippen LogP contribution in [0.3, 0.4) is 0 Å². The van der Waals surface area contributed by atoms with Crippen LogP contribution >= 0.6 is 0 Å². The summed E-state index contributed by atoms with van der Waals surface area (Å²) in [7, 11) is 0. The van der Waals surface area contributed by atoms with Gasteiger partial charge in [0.15, 0.2) is 0 Å². The van der Waals surface area contributed by atoms with Gasteiger partial charge in [0.05, 0.1) is 0 Å². The Morgan fingerprint density at radius 2 is 1.03 bits per heavy atom. The minimum Gasteiger partial charge on any atom is -0.339 e. The first kappa shape index (κ1) is 25.7. The van der Waals surface area contributed by atoms with E-state index in [0.717, 1.165) is 25.1 Å². The van der Waals surface area contributed by atoms with Crippen LogP contribution in [0.5, 0.6) is 0 Å². The zero-order valence-corrected chi connectivity index (χ0v) is 19.5. The van der Waals surface area contributed by atoms with Gasteiger partial charge < -0.3 is 4.90 Å². The Labute approximate surface area is 181 Å². The molecule has 0 atom stereocenters. The van der Waals surface area contributed by atoms with Gasteiger partial charge in [-0.05, 0) is 25.5 Å². The van der Waals surface area contributed by atoms with Crippen LogP contribution in [0.15, 0.2) is 30.3 Å². The second kappa shape index (κ2) is 18.7. The Morgan fingerprint density at radius 3 is 1.45 bits per heavy atom. The molecule has 2 heteroatoms. The molecule has 0 aliphatic carbocycles. The first-order valence-corrected chi connectivity index (χ1v) is 12.6. The predicted octanol–water partition coefficient (Wildman–Crippen LogP) is 8.41. The standard InChI is InChI=1S/C27H47NO/c1-3-5-6-7-8-9-10-11-12-13-14-15-16-17-18-22-25-28(4-2)27(29)26-23-20-19-21-24-26/h19-21,23-24H,3-18,22,25H2,1-2H3. The maximum atomic E-state index is 12.5. The van der Waals surface area contributed by atoms with E-state index in [1.807, 2.05) is 35.2 Å². The van der Waals surface area contributed by atoms with E-state index < -0.39 is 0 Å². The minimum atomic E-state index is 0.175. The Morgan fingerprint density at radius 1 is 0.621 bits per heavy atom. The van der Waals surface area contributed by atoms with Crippen molar-refractivity contribution in [2.45, 2.75) is 117 Å². The fraction of sp³-hybridized carbons (Fsp3) is 0.741. The second-order valence-corrected chi connectivity index (χ2v) is 8.55. The summed E-state index contributed by atoms with van der Waals surface area (Å²) >= 11 is 0. The van der Waals surface area contributed by atoms with Gasteiger partial charge >= 0.3 is 0 Å². The van der Waals surface area contributed by atoms with Crippen molar-refractivity contribution in [1.29, 1.82) is 0 Å². The van der Waals surface area contributed by atoms with E-state index in [2.05, 4.69) is 13.8 Å². The van der Waals surface area contributed by atoms with Gasteiger partial charge in [0.2, 0.25) is 0 Å². The van der Waals surface area contributed by atoms with Crippen LogP contribution in [0.25, 0.3) is 0 Å². The molecular weight excluding hydrogens is 354 g/mol. The molecule has 0 aromatic heterocycles. The van der Waals surface area contributed by atoms with Crippen LogP contribution in [-0.2, 0) is 0 Å². The molecule has 166 valence electrons. The molecule has 2 nitrogen and oxygen atoms in total. The molecule has 29 heavy (non-hydrogen) atoms. The van der Waals surface area contributed by atoms with E-state index in [9.17, 15) is 4.79 Å². The van der Waals surface area contributed by atoms with Crippen molar-refractivity contribution in [3.63, 3.8) is 0 Å². The quantitative estimate of drug-likeness (QED) is 0.213. The Hall–Kier alpha value is -1.31. The van der Waals surface area contributed by atoms with Crippen LogP contribution < -0.4 is 0 Å². The fourth-order valence-electron chi connectivity index (χ4n) is 4.02. The molecule has 0 spiro atoms. The molecule has 0 N–H and O–H groups in total. The molecule has 1 rings (SSSR count). The van der Waals surface area contributed by atoms with Crippen LogP contribution in [0.4, 0.5) is 0 Å². The maximum absolute atomic E-state index is 12.5. The van der Waals surface area contributed by atoms with Gasteiger partial charge in [0.25, 0.3) is 5.91 Å². The summed E-state index contributed by atoms with van der Waals surface area (Å²) in [6.07, 6.45) is 22.1. The van der Waals surface area contributed by atoms with Gasteiger partial charge in [0, 0.05) is 18.7 Å². The summed E-state index contributed by atoms with van der Waals surface area (Å²) in [6.45, 7) is 6.05. The van der Waals surface area contributed by atoms with Crippen molar-refractivity contribution in [2.24, 2.45) is 0 Å². The van der Waals surface area contributed by atoms with Gasteiger partial charge in [0.1, 0.15) is 0 Å². The van der Waals surface area contributed by atoms with E-state index in [0.29, 0.717) is 0 Å². The molecule has 1 aromatic carbocycles. The zero-order valence-electron chi connectivity index (χ0n) is 19.5. The highest BCUT2D eigenvalue weighted by molar-refractivity contribution is 5.94. The summed E-state index contributed by atoms with van der Waals surface area (Å²) in [5.41, 5.74) is 0.811. The zero-order chi connectivity index (χ0) is 21.0. The van der Waals surface area contributed by atoms with Crippen molar-refractivity contribution in [2.75, 3.05) is 13.1 Å². The Bertz CT molecular complexity index is 485. The lowest BCUT2D eigenvalue weighted by Gasteiger charge is -2.21. The molecule has 0 radical (unpaired) electrons. The van der Waals surface area contributed by atoms with Crippen LogP contribution in [-0.4, -0.2) is 23.9 Å². The SMILES string of the molecule is CCCCCCCCCCCCCCCCCCN(CC)C(=O)c1ccccc1. The van der Waals surface area contributed by atoms with Gasteiger partial charge in [-0.3, -0.25) is 4.79 Å². The molecule has 0 fully saturated rings. The Balaban J connectivity index is 1.88. The lowest BCUT2D eigenvalue weighted by atomic mass is 10.0. The monoisotopic (exact) mass is 401 g/mol. The number of unbranched alkanes of at least 4 members (excludes halogenated alkanes) is 15. The molecular formula is C27H47NO. The normalized spacial score (nSPS) is 11.0. The largest absolute Gasteiger partial charge is 0.339 e. The molecule has 0 saturated carbocycles. The van der Waals surface area contributed by atoms with Gasteiger partial charge in [-0.15, -0.1) is 0 Å². The van der Waals surface area contributed by atoms with Crippen molar-refractivity contribution in [3.05, 3.63) is 35.9 Å². The summed E-state index contributed by atoms with van der Waals surface area (Å²) in [5, 5.41) is 0. The molecule has 0 aliphatic heterocycles. The summed E-state index contributed by atoms with van der Waals surface area (Å²) in [6, 6.07) is 9.67. The molecule has 0 saturated heterocycles. The van der Waals surface area contributed by atoms with Crippen LogP contribution in [0, 0.1) is 0 Å². The van der Waals surface area contributed by atoms with Crippen LogP contribution in [0.2, 0.25) is 0 Å². The average Bonchev–Trinajstić information content (AvgIpc) is 2.76. The van der Waals surface area contributed by atoms with E-state index in [1.54, 1.807) is 0 Å². The van der Waals surface area contributed by atoms with E-state index in [4.69, 9.17) is 0 Å². The second-order valence-electron chi connectivity index (χ2n) is 8.55. The number of carbonyl (C=O) groups is 1. The molecule has 0 unspecified atom stereocenters. The predicted molar refractivity (Wildman–Crippen MR) is 128 cm³/mol. The number of hydrogen-bond acceptors (Lipinski definition) is 1. The lowest BCUT2D eigenvalue weighted by molar-refractivity contribution is 0.0761. The lowest BCUT2D eigenvalue weighted by Crippen LogP contribution is -2.31. The number of carbonyl (C=O) groups excluding carboxylic acids is 1. The summed E-state index contributed by atoms with van der Waals surface area (Å²) in [4.78, 5) is 14.5. The Kier molecular flexibility index (Phi) is 16.6. The summed E-state index contributed by atoms with van der Waals surface area (Å²) in [5.74, 6) is 0.175. The first-order chi connectivity index (χ1) is 14.3. The minimum absolute atomic E-state index is 0.175. The van der Waals surface area contributed by atoms with Crippen molar-refractivity contribution in [3.8, 4) is 0 Å². The number of benzene rings is 1. The number of hydrogen-bond donors (Lipinski definition) is 0. The van der Waals surface area contributed by atoms with Crippen molar-refractivity contribution >= 4 is 5.91 Å². The first-order valence-electron chi connectivity index (χ1n) is 12.6. The van der Waals surface area contributed by atoms with E-state index >= 15 is 0 Å². The highest BCUT2D eigenvalue weighted by atomic mass is 16.2. The molecule has 0 heterocycles. The third-order valence-electron chi connectivity index (χ3n) is 5.97. The van der Waals surface area contributed by atoms with Gasteiger partial charge in [-0.1, -0.05) is 121 Å². The van der Waals surface area contributed by atoms with Crippen molar-refractivity contribution in [1.82, 2.24) is 4.90 Å². The van der Waals surface area contributed by atoms with Crippen molar-refractivity contribution < 1.29 is 4.79 Å². The average molecular weight is 402 g/mol. The molecule has 1 aromatic rings. The third kappa shape index (κ3) is 13.5. The van der Waals surface area contributed by atoms with Gasteiger partial charge in [-0.25, -0.2) is 0 Å². The molecule has 1 amide bonds. The van der Waals surface area contributed by atoms with E-state index in [1.165, 1.54) is 96.3 Å². The highest BCUT2D eigenvalue weighted by Gasteiger charge is 2.12. The maximum Gasteiger partial charge on any atom is 0.253 e. The summed E-state index contributed by atoms with van der Waals surface area (Å²) < 4.78 is 0. The number of amides is 1. The topological polar surface area (TPSA) is 20.3 Å². The fourth-order valence-corrected chi connectivity index (χ4v) is 4.02. The van der Waals surface area contributed by atoms with E-state index in [-0.39, 0.29) is 5.91 Å². The van der Waals surface area contributed by atoms with Crippen LogP contribution in [0.1, 0.15) is 127 Å². The number of rotatable bonds is 19. The molecule has 0 aliphatic rings.